The number of likely N-dealkylation sites (tertiary alicyclic amines) is 1. The van der Waals surface area contributed by atoms with Gasteiger partial charge in [-0.25, -0.2) is 0 Å². The van der Waals surface area contributed by atoms with E-state index in [1.807, 2.05) is 12.1 Å². The minimum Gasteiger partial charge on any atom is -0.481 e. The molecule has 1 aromatic rings. The molecular formula is C17H22N2O3. The normalized spacial score (nSPS) is 25.0. The Morgan fingerprint density at radius 3 is 2.86 bits per heavy atom. The summed E-state index contributed by atoms with van der Waals surface area (Å²) in [7, 11) is 0. The second kappa shape index (κ2) is 6.07. The molecule has 2 aliphatic rings. The van der Waals surface area contributed by atoms with Crippen LogP contribution in [0.1, 0.15) is 37.7 Å². The highest BCUT2D eigenvalue weighted by Gasteiger charge is 2.46. The van der Waals surface area contributed by atoms with Gasteiger partial charge >= 0.3 is 5.97 Å². The standard InChI is InChI=1S/C17H22N2O3/c20-15(9-14-3-1-7-18-11-14)19-8-2-6-17(12-19,16(21)22)10-13-4-5-13/h1,3,7,11,13H,2,4-6,8-10,12H2,(H,21,22). The first-order valence-corrected chi connectivity index (χ1v) is 7.99. The molecule has 0 bridgehead atoms. The predicted octanol–water partition coefficient (Wildman–Crippen LogP) is 2.12. The number of carboxylic acid groups (broad SMARTS) is 1. The zero-order valence-corrected chi connectivity index (χ0v) is 12.7. The molecule has 2 heterocycles. The Morgan fingerprint density at radius 2 is 2.23 bits per heavy atom. The van der Waals surface area contributed by atoms with E-state index in [0.717, 1.165) is 31.2 Å². The molecule has 3 rings (SSSR count). The van der Waals surface area contributed by atoms with Crippen LogP contribution in [0.5, 0.6) is 0 Å². The van der Waals surface area contributed by atoms with Crippen molar-refractivity contribution in [3.8, 4) is 0 Å². The van der Waals surface area contributed by atoms with Crippen LogP contribution in [0.2, 0.25) is 0 Å². The smallest absolute Gasteiger partial charge is 0.311 e. The van der Waals surface area contributed by atoms with Crippen molar-refractivity contribution in [1.29, 1.82) is 0 Å². The molecule has 22 heavy (non-hydrogen) atoms. The molecule has 1 saturated heterocycles. The quantitative estimate of drug-likeness (QED) is 0.904. The van der Waals surface area contributed by atoms with Gasteiger partial charge in [0, 0.05) is 25.5 Å². The summed E-state index contributed by atoms with van der Waals surface area (Å²) in [6.07, 6.45) is 8.13. The number of piperidine rings is 1. The van der Waals surface area contributed by atoms with E-state index < -0.39 is 11.4 Å². The number of nitrogens with zero attached hydrogens (tertiary/aromatic N) is 2. The van der Waals surface area contributed by atoms with E-state index in [9.17, 15) is 14.7 Å². The second-order valence-corrected chi connectivity index (χ2v) is 6.69. The molecule has 1 amide bonds. The largest absolute Gasteiger partial charge is 0.481 e. The number of rotatable bonds is 5. The molecular weight excluding hydrogens is 280 g/mol. The molecule has 118 valence electrons. The molecule has 0 aromatic carbocycles. The Kier molecular flexibility index (Phi) is 4.14. The number of pyridine rings is 1. The lowest BCUT2D eigenvalue weighted by molar-refractivity contribution is -0.155. The fourth-order valence-corrected chi connectivity index (χ4v) is 3.44. The molecule has 0 spiro atoms. The Morgan fingerprint density at radius 1 is 1.41 bits per heavy atom. The molecule has 2 fully saturated rings. The summed E-state index contributed by atoms with van der Waals surface area (Å²) in [6.45, 7) is 1.02. The molecule has 1 N–H and O–H groups in total. The third-order valence-electron chi connectivity index (χ3n) is 4.84. The van der Waals surface area contributed by atoms with Gasteiger partial charge in [-0.1, -0.05) is 18.9 Å². The van der Waals surface area contributed by atoms with Crippen LogP contribution in [-0.4, -0.2) is 40.0 Å². The van der Waals surface area contributed by atoms with E-state index in [4.69, 9.17) is 0 Å². The van der Waals surface area contributed by atoms with Crippen molar-refractivity contribution in [2.75, 3.05) is 13.1 Å². The lowest BCUT2D eigenvalue weighted by atomic mass is 9.75. The van der Waals surface area contributed by atoms with Gasteiger partial charge in [-0.15, -0.1) is 0 Å². The van der Waals surface area contributed by atoms with E-state index in [0.29, 0.717) is 31.8 Å². The van der Waals surface area contributed by atoms with Crippen LogP contribution < -0.4 is 0 Å². The molecule has 1 atom stereocenters. The van der Waals surface area contributed by atoms with Crippen LogP contribution in [0.4, 0.5) is 0 Å². The summed E-state index contributed by atoms with van der Waals surface area (Å²) >= 11 is 0. The lowest BCUT2D eigenvalue weighted by Gasteiger charge is -2.40. The number of aromatic nitrogens is 1. The maximum absolute atomic E-state index is 12.5. The van der Waals surface area contributed by atoms with Crippen LogP contribution in [0, 0.1) is 11.3 Å². The molecule has 1 aliphatic heterocycles. The Bertz CT molecular complexity index is 556. The highest BCUT2D eigenvalue weighted by Crippen LogP contribution is 2.44. The van der Waals surface area contributed by atoms with E-state index in [2.05, 4.69) is 4.98 Å². The van der Waals surface area contributed by atoms with E-state index >= 15 is 0 Å². The topological polar surface area (TPSA) is 70.5 Å². The van der Waals surface area contributed by atoms with E-state index in [1.165, 1.54) is 0 Å². The van der Waals surface area contributed by atoms with Crippen molar-refractivity contribution in [2.24, 2.45) is 11.3 Å². The number of carboxylic acids is 1. The number of amides is 1. The third kappa shape index (κ3) is 3.29. The van der Waals surface area contributed by atoms with Gasteiger partial charge in [-0.05, 0) is 36.8 Å². The minimum absolute atomic E-state index is 0.00845. The van der Waals surface area contributed by atoms with Gasteiger partial charge in [0.1, 0.15) is 0 Å². The van der Waals surface area contributed by atoms with Gasteiger partial charge < -0.3 is 10.0 Å². The summed E-state index contributed by atoms with van der Waals surface area (Å²) in [5.41, 5.74) is 0.144. The summed E-state index contributed by atoms with van der Waals surface area (Å²) < 4.78 is 0. The minimum atomic E-state index is -0.738. The first kappa shape index (κ1) is 15.0. The van der Waals surface area contributed by atoms with Gasteiger partial charge in [-0.2, -0.15) is 0 Å². The maximum atomic E-state index is 12.5. The van der Waals surface area contributed by atoms with Crippen molar-refractivity contribution in [1.82, 2.24) is 9.88 Å². The van der Waals surface area contributed by atoms with Crippen molar-refractivity contribution in [3.05, 3.63) is 30.1 Å². The SMILES string of the molecule is O=C(Cc1cccnc1)N1CCCC(CC2CC2)(C(=O)O)C1. The molecule has 1 aliphatic carbocycles. The van der Waals surface area contributed by atoms with E-state index in [1.54, 1.807) is 17.3 Å². The van der Waals surface area contributed by atoms with Crippen molar-refractivity contribution in [3.63, 3.8) is 0 Å². The molecule has 1 unspecified atom stereocenters. The first-order valence-electron chi connectivity index (χ1n) is 7.99. The summed E-state index contributed by atoms with van der Waals surface area (Å²) in [5.74, 6) is -0.183. The molecule has 5 nitrogen and oxygen atoms in total. The molecule has 0 radical (unpaired) electrons. The average Bonchev–Trinajstić information content (AvgIpc) is 3.32. The fourth-order valence-electron chi connectivity index (χ4n) is 3.44. The van der Waals surface area contributed by atoms with Crippen LogP contribution in [0.3, 0.4) is 0 Å². The van der Waals surface area contributed by atoms with Gasteiger partial charge in [0.25, 0.3) is 0 Å². The number of carbonyl (C=O) groups excluding carboxylic acids is 1. The molecule has 1 saturated carbocycles. The second-order valence-electron chi connectivity index (χ2n) is 6.69. The van der Waals surface area contributed by atoms with Crippen LogP contribution in [0.15, 0.2) is 24.5 Å². The monoisotopic (exact) mass is 302 g/mol. The predicted molar refractivity (Wildman–Crippen MR) is 81.2 cm³/mol. The van der Waals surface area contributed by atoms with Crippen molar-refractivity contribution in [2.45, 2.75) is 38.5 Å². The van der Waals surface area contributed by atoms with Gasteiger partial charge in [0.05, 0.1) is 11.8 Å². The zero-order chi connectivity index (χ0) is 15.6. The summed E-state index contributed by atoms with van der Waals surface area (Å²) in [4.78, 5) is 30.1. The Balaban J connectivity index is 1.68. The number of hydrogen-bond donors (Lipinski definition) is 1. The highest BCUT2D eigenvalue weighted by molar-refractivity contribution is 5.81. The third-order valence-corrected chi connectivity index (χ3v) is 4.84. The average molecular weight is 302 g/mol. The first-order chi connectivity index (χ1) is 10.6. The molecule has 1 aromatic heterocycles. The summed E-state index contributed by atoms with van der Waals surface area (Å²) in [5, 5.41) is 9.71. The number of hydrogen-bond acceptors (Lipinski definition) is 3. The number of aliphatic carboxylic acids is 1. The highest BCUT2D eigenvalue weighted by atomic mass is 16.4. The lowest BCUT2D eigenvalue weighted by Crippen LogP contribution is -2.50. The van der Waals surface area contributed by atoms with Crippen LogP contribution >= 0.6 is 0 Å². The summed E-state index contributed by atoms with van der Waals surface area (Å²) in [6, 6.07) is 3.69. The Labute approximate surface area is 130 Å². The van der Waals surface area contributed by atoms with Gasteiger partial charge in [0.15, 0.2) is 0 Å². The zero-order valence-electron chi connectivity index (χ0n) is 12.7. The maximum Gasteiger partial charge on any atom is 0.311 e. The van der Waals surface area contributed by atoms with E-state index in [-0.39, 0.29) is 5.91 Å². The van der Waals surface area contributed by atoms with Gasteiger partial charge in [0.2, 0.25) is 5.91 Å². The van der Waals surface area contributed by atoms with Gasteiger partial charge in [-0.3, -0.25) is 14.6 Å². The van der Waals surface area contributed by atoms with Crippen molar-refractivity contribution >= 4 is 11.9 Å². The fraction of sp³-hybridized carbons (Fsp3) is 0.588. The number of carbonyl (C=O) groups is 2. The van der Waals surface area contributed by atoms with Crippen LogP contribution in [0.25, 0.3) is 0 Å². The Hall–Kier alpha value is -1.91. The van der Waals surface area contributed by atoms with Crippen LogP contribution in [-0.2, 0) is 16.0 Å². The van der Waals surface area contributed by atoms with Crippen molar-refractivity contribution < 1.29 is 14.7 Å². The molecule has 5 heteroatoms.